The monoisotopic (exact) mass is 237 g/mol. The fourth-order valence-electron chi connectivity index (χ4n) is 1.38. The van der Waals surface area contributed by atoms with Crippen molar-refractivity contribution in [3.8, 4) is 0 Å². The van der Waals surface area contributed by atoms with Crippen molar-refractivity contribution < 1.29 is 0 Å². The molecule has 0 bridgehead atoms. The molecule has 0 aromatic carbocycles. The summed E-state index contributed by atoms with van der Waals surface area (Å²) in [5.41, 5.74) is 1.89. The van der Waals surface area contributed by atoms with E-state index >= 15 is 0 Å². The van der Waals surface area contributed by atoms with E-state index in [1.165, 1.54) is 0 Å². The smallest absolute Gasteiger partial charge is 0.0964 e. The third kappa shape index (κ3) is 2.56. The van der Waals surface area contributed by atoms with Crippen molar-refractivity contribution in [3.05, 3.63) is 40.9 Å². The van der Waals surface area contributed by atoms with Gasteiger partial charge in [-0.1, -0.05) is 16.8 Å². The van der Waals surface area contributed by atoms with Gasteiger partial charge in [-0.05, 0) is 18.7 Å². The molecule has 5 nitrogen and oxygen atoms in total. The van der Waals surface area contributed by atoms with Crippen LogP contribution in [0.5, 0.6) is 0 Å². The average Bonchev–Trinajstić information content (AvgIpc) is 2.70. The standard InChI is InChI=1S/C10H12ClN5/c1-12-4-9-7-16(15-14-9)6-8-2-3-13-5-10(8)11/h2-3,5,7,12H,4,6H2,1H3. The van der Waals surface area contributed by atoms with Crippen LogP contribution >= 0.6 is 11.6 Å². The Morgan fingerprint density at radius 2 is 2.38 bits per heavy atom. The van der Waals surface area contributed by atoms with Crippen molar-refractivity contribution in [2.75, 3.05) is 7.05 Å². The molecule has 1 N–H and O–H groups in total. The molecule has 2 aromatic rings. The maximum atomic E-state index is 6.01. The van der Waals surface area contributed by atoms with Gasteiger partial charge in [0, 0.05) is 18.9 Å². The van der Waals surface area contributed by atoms with E-state index in [1.807, 2.05) is 19.3 Å². The predicted molar refractivity (Wildman–Crippen MR) is 61.1 cm³/mol. The normalized spacial score (nSPS) is 10.6. The highest BCUT2D eigenvalue weighted by molar-refractivity contribution is 6.31. The third-order valence-electron chi connectivity index (χ3n) is 2.13. The van der Waals surface area contributed by atoms with Crippen LogP contribution in [0.25, 0.3) is 0 Å². The first kappa shape index (κ1) is 11.0. The minimum Gasteiger partial charge on any atom is -0.314 e. The molecule has 0 aliphatic carbocycles. The highest BCUT2D eigenvalue weighted by Crippen LogP contribution is 2.14. The second-order valence-corrected chi connectivity index (χ2v) is 3.81. The summed E-state index contributed by atoms with van der Waals surface area (Å²) in [6, 6.07) is 1.88. The van der Waals surface area contributed by atoms with E-state index in [-0.39, 0.29) is 0 Å². The molecule has 0 fully saturated rings. The summed E-state index contributed by atoms with van der Waals surface area (Å²) in [7, 11) is 1.87. The van der Waals surface area contributed by atoms with Crippen LogP contribution in [0.15, 0.2) is 24.7 Å². The minimum atomic E-state index is 0.609. The number of hydrogen-bond donors (Lipinski definition) is 1. The Labute approximate surface area is 98.5 Å². The lowest BCUT2D eigenvalue weighted by atomic mass is 10.3. The molecule has 2 heterocycles. The van der Waals surface area contributed by atoms with Crippen molar-refractivity contribution in [1.82, 2.24) is 25.3 Å². The van der Waals surface area contributed by atoms with Gasteiger partial charge < -0.3 is 5.32 Å². The molecule has 2 aromatic heterocycles. The lowest BCUT2D eigenvalue weighted by Gasteiger charge is -2.02. The highest BCUT2D eigenvalue weighted by Gasteiger charge is 2.03. The summed E-state index contributed by atoms with van der Waals surface area (Å²) in [5, 5.41) is 11.7. The molecule has 0 spiro atoms. The maximum Gasteiger partial charge on any atom is 0.0964 e. The van der Waals surface area contributed by atoms with Crippen LogP contribution in [0.4, 0.5) is 0 Å². The molecule has 0 unspecified atom stereocenters. The van der Waals surface area contributed by atoms with Gasteiger partial charge >= 0.3 is 0 Å². The summed E-state index contributed by atoms with van der Waals surface area (Å²) < 4.78 is 1.76. The first-order chi connectivity index (χ1) is 7.79. The van der Waals surface area contributed by atoms with E-state index in [1.54, 1.807) is 17.1 Å². The largest absolute Gasteiger partial charge is 0.314 e. The lowest BCUT2D eigenvalue weighted by Crippen LogP contribution is -2.05. The summed E-state index contributed by atoms with van der Waals surface area (Å²) in [6.45, 7) is 1.32. The molecule has 6 heteroatoms. The second-order valence-electron chi connectivity index (χ2n) is 3.40. The van der Waals surface area contributed by atoms with Crippen molar-refractivity contribution in [2.24, 2.45) is 0 Å². The molecule has 0 saturated heterocycles. The fourth-order valence-corrected chi connectivity index (χ4v) is 1.56. The summed E-state index contributed by atoms with van der Waals surface area (Å²) >= 11 is 6.01. The van der Waals surface area contributed by atoms with Gasteiger partial charge in [-0.3, -0.25) is 4.98 Å². The minimum absolute atomic E-state index is 0.609. The summed E-state index contributed by atoms with van der Waals surface area (Å²) in [5.74, 6) is 0. The van der Waals surface area contributed by atoms with Gasteiger partial charge in [0.15, 0.2) is 0 Å². The van der Waals surface area contributed by atoms with Gasteiger partial charge in [-0.2, -0.15) is 0 Å². The molecule has 16 heavy (non-hydrogen) atoms. The SMILES string of the molecule is CNCc1cn(Cc2ccncc2Cl)nn1. The van der Waals surface area contributed by atoms with Crippen LogP contribution < -0.4 is 5.32 Å². The van der Waals surface area contributed by atoms with Crippen molar-refractivity contribution in [1.29, 1.82) is 0 Å². The molecule has 0 atom stereocenters. The van der Waals surface area contributed by atoms with E-state index in [4.69, 9.17) is 11.6 Å². The zero-order chi connectivity index (χ0) is 11.4. The van der Waals surface area contributed by atoms with Gasteiger partial charge in [0.25, 0.3) is 0 Å². The number of hydrogen-bond acceptors (Lipinski definition) is 4. The Kier molecular flexibility index (Phi) is 3.48. The molecule has 2 rings (SSSR count). The number of rotatable bonds is 4. The van der Waals surface area contributed by atoms with Gasteiger partial charge in [0.2, 0.25) is 0 Å². The summed E-state index contributed by atoms with van der Waals surface area (Å²) in [6.07, 6.45) is 5.24. The van der Waals surface area contributed by atoms with E-state index < -0.39 is 0 Å². The number of pyridine rings is 1. The Balaban J connectivity index is 2.11. The number of nitrogens with zero attached hydrogens (tertiary/aromatic N) is 4. The van der Waals surface area contributed by atoms with Gasteiger partial charge in [0.05, 0.1) is 23.5 Å². The molecular formula is C10H12ClN5. The molecule has 0 aliphatic heterocycles. The highest BCUT2D eigenvalue weighted by atomic mass is 35.5. The summed E-state index contributed by atoms with van der Waals surface area (Å²) in [4.78, 5) is 3.93. The Morgan fingerprint density at radius 3 is 3.12 bits per heavy atom. The van der Waals surface area contributed by atoms with Crippen LogP contribution in [0.1, 0.15) is 11.3 Å². The Morgan fingerprint density at radius 1 is 1.50 bits per heavy atom. The molecular weight excluding hydrogens is 226 g/mol. The topological polar surface area (TPSA) is 55.6 Å². The first-order valence-electron chi connectivity index (χ1n) is 4.91. The van der Waals surface area contributed by atoms with Gasteiger partial charge in [-0.25, -0.2) is 4.68 Å². The Hall–Kier alpha value is -1.46. The molecule has 0 saturated carbocycles. The van der Waals surface area contributed by atoms with Crippen LogP contribution in [0.2, 0.25) is 5.02 Å². The Bertz CT molecular complexity index is 468. The van der Waals surface area contributed by atoms with Gasteiger partial charge in [0.1, 0.15) is 0 Å². The van der Waals surface area contributed by atoms with Crippen LogP contribution in [0.3, 0.4) is 0 Å². The molecule has 84 valence electrons. The molecule has 0 aliphatic rings. The van der Waals surface area contributed by atoms with E-state index in [0.29, 0.717) is 18.1 Å². The van der Waals surface area contributed by atoms with Crippen molar-refractivity contribution in [3.63, 3.8) is 0 Å². The number of halogens is 1. The maximum absolute atomic E-state index is 6.01. The molecule has 0 radical (unpaired) electrons. The second kappa shape index (κ2) is 5.05. The van der Waals surface area contributed by atoms with Crippen LogP contribution in [-0.4, -0.2) is 27.0 Å². The average molecular weight is 238 g/mol. The van der Waals surface area contributed by atoms with Crippen molar-refractivity contribution in [2.45, 2.75) is 13.1 Å². The zero-order valence-corrected chi connectivity index (χ0v) is 9.65. The van der Waals surface area contributed by atoms with E-state index in [9.17, 15) is 0 Å². The molecule has 0 amide bonds. The third-order valence-corrected chi connectivity index (χ3v) is 2.47. The fraction of sp³-hybridized carbons (Fsp3) is 0.300. The van der Waals surface area contributed by atoms with Gasteiger partial charge in [-0.15, -0.1) is 5.10 Å². The first-order valence-corrected chi connectivity index (χ1v) is 5.29. The zero-order valence-electron chi connectivity index (χ0n) is 8.89. The predicted octanol–water partition coefficient (Wildman–Crippen LogP) is 1.09. The quantitative estimate of drug-likeness (QED) is 0.865. The number of nitrogens with one attached hydrogen (secondary N) is 1. The van der Waals surface area contributed by atoms with E-state index in [2.05, 4.69) is 20.6 Å². The van der Waals surface area contributed by atoms with Crippen molar-refractivity contribution >= 4 is 11.6 Å². The number of aromatic nitrogens is 4. The van der Waals surface area contributed by atoms with Crippen LogP contribution in [-0.2, 0) is 13.1 Å². The van der Waals surface area contributed by atoms with Crippen LogP contribution in [0, 0.1) is 0 Å². The van der Waals surface area contributed by atoms with E-state index in [0.717, 1.165) is 11.3 Å². The lowest BCUT2D eigenvalue weighted by molar-refractivity contribution is 0.648.